The van der Waals surface area contributed by atoms with E-state index in [-0.39, 0.29) is 34.7 Å². The van der Waals surface area contributed by atoms with Gasteiger partial charge in [0, 0.05) is 25.7 Å². The SMILES string of the molecule is CC1(C)CN(CC(=O)NCCc2ccc(S(N)(=O)=O)cc2)CCC1N.Cl. The Morgan fingerprint density at radius 2 is 1.92 bits per heavy atom. The number of nitrogens with two attached hydrogens (primary N) is 2. The van der Waals surface area contributed by atoms with Gasteiger partial charge in [0.25, 0.3) is 0 Å². The van der Waals surface area contributed by atoms with E-state index in [2.05, 4.69) is 24.1 Å². The van der Waals surface area contributed by atoms with Crippen LogP contribution in [-0.2, 0) is 21.2 Å². The second kappa shape index (κ2) is 9.14. The molecule has 1 aromatic rings. The summed E-state index contributed by atoms with van der Waals surface area (Å²) in [6.45, 7) is 6.80. The van der Waals surface area contributed by atoms with Crippen LogP contribution in [0.3, 0.4) is 0 Å². The van der Waals surface area contributed by atoms with Crippen molar-refractivity contribution in [3.8, 4) is 0 Å². The molecule has 1 heterocycles. The van der Waals surface area contributed by atoms with Crippen LogP contribution < -0.4 is 16.2 Å². The fourth-order valence-corrected chi connectivity index (χ4v) is 3.59. The van der Waals surface area contributed by atoms with Crippen molar-refractivity contribution in [2.45, 2.75) is 37.6 Å². The van der Waals surface area contributed by atoms with Crippen LogP contribution in [0.5, 0.6) is 0 Å². The number of halogens is 1. The molecule has 0 aliphatic carbocycles. The number of hydrogen-bond donors (Lipinski definition) is 3. The summed E-state index contributed by atoms with van der Waals surface area (Å²) in [5.74, 6) is -0.00701. The minimum atomic E-state index is -3.67. The normalized spacial score (nSPS) is 20.2. The van der Waals surface area contributed by atoms with E-state index in [0.29, 0.717) is 19.5 Å². The zero-order valence-corrected chi connectivity index (χ0v) is 16.9. The predicted molar refractivity (Wildman–Crippen MR) is 105 cm³/mol. The lowest BCUT2D eigenvalue weighted by Gasteiger charge is -2.42. The third kappa shape index (κ3) is 6.51. The number of carbonyl (C=O) groups is 1. The Morgan fingerprint density at radius 1 is 1.31 bits per heavy atom. The number of likely N-dealkylation sites (tertiary alicyclic amines) is 1. The molecule has 0 saturated carbocycles. The van der Waals surface area contributed by atoms with Gasteiger partial charge in [-0.2, -0.15) is 0 Å². The average Bonchev–Trinajstić information content (AvgIpc) is 2.50. The Bertz CT molecular complexity index is 707. The number of hydrogen-bond acceptors (Lipinski definition) is 5. The molecule has 0 radical (unpaired) electrons. The maximum absolute atomic E-state index is 12.1. The molecule has 1 fully saturated rings. The molecule has 1 saturated heterocycles. The summed E-state index contributed by atoms with van der Waals surface area (Å²) < 4.78 is 22.4. The van der Waals surface area contributed by atoms with E-state index < -0.39 is 10.0 Å². The molecular formula is C17H29ClN4O3S. The molecule has 1 aliphatic rings. The van der Waals surface area contributed by atoms with Crippen molar-refractivity contribution < 1.29 is 13.2 Å². The number of sulfonamides is 1. The molecule has 2 rings (SSSR count). The van der Waals surface area contributed by atoms with Gasteiger partial charge in [-0.25, -0.2) is 13.6 Å². The quantitative estimate of drug-likeness (QED) is 0.637. The molecule has 7 nitrogen and oxygen atoms in total. The van der Waals surface area contributed by atoms with Crippen molar-refractivity contribution in [3.05, 3.63) is 29.8 Å². The summed E-state index contributed by atoms with van der Waals surface area (Å²) in [7, 11) is -3.67. The fraction of sp³-hybridized carbons (Fsp3) is 0.588. The van der Waals surface area contributed by atoms with Crippen LogP contribution in [0.1, 0.15) is 25.8 Å². The first-order chi connectivity index (χ1) is 11.6. The first-order valence-corrected chi connectivity index (χ1v) is 9.99. The van der Waals surface area contributed by atoms with E-state index in [0.717, 1.165) is 25.1 Å². The molecule has 1 unspecified atom stereocenters. The standard InChI is InChI=1S/C17H28N4O3S.ClH/c1-17(2)12-21(10-8-15(17)18)11-16(22)20-9-7-13-3-5-14(6-4-13)25(19,23)24;/h3-6,15H,7-12,18H2,1-2H3,(H,20,22)(H2,19,23,24);1H. The number of nitrogens with zero attached hydrogens (tertiary/aromatic N) is 1. The Kier molecular flexibility index (Phi) is 8.04. The van der Waals surface area contributed by atoms with Crippen LogP contribution in [0, 0.1) is 5.41 Å². The zero-order chi connectivity index (χ0) is 18.7. The van der Waals surface area contributed by atoms with Crippen LogP contribution in [0.4, 0.5) is 0 Å². The highest BCUT2D eigenvalue weighted by atomic mass is 35.5. The van der Waals surface area contributed by atoms with Gasteiger partial charge in [0.05, 0.1) is 11.4 Å². The monoisotopic (exact) mass is 404 g/mol. The Morgan fingerprint density at radius 3 is 2.46 bits per heavy atom. The van der Waals surface area contributed by atoms with Gasteiger partial charge in [-0.05, 0) is 36.0 Å². The number of primary sulfonamides is 1. The third-order valence-electron chi connectivity index (χ3n) is 4.75. The maximum Gasteiger partial charge on any atom is 0.238 e. The highest BCUT2D eigenvalue weighted by molar-refractivity contribution is 7.89. The summed E-state index contributed by atoms with van der Waals surface area (Å²) in [4.78, 5) is 14.3. The molecule has 0 aromatic heterocycles. The second-order valence-corrected chi connectivity index (χ2v) is 8.94. The van der Waals surface area contributed by atoms with Crippen molar-refractivity contribution in [3.63, 3.8) is 0 Å². The minimum Gasteiger partial charge on any atom is -0.355 e. The van der Waals surface area contributed by atoms with E-state index in [9.17, 15) is 13.2 Å². The van der Waals surface area contributed by atoms with Crippen molar-refractivity contribution in [1.82, 2.24) is 10.2 Å². The van der Waals surface area contributed by atoms with E-state index >= 15 is 0 Å². The van der Waals surface area contributed by atoms with Gasteiger partial charge in [0.1, 0.15) is 0 Å². The number of benzene rings is 1. The molecule has 26 heavy (non-hydrogen) atoms. The first kappa shape index (κ1) is 22.9. The molecule has 0 spiro atoms. The van der Waals surface area contributed by atoms with E-state index in [4.69, 9.17) is 10.9 Å². The summed E-state index contributed by atoms with van der Waals surface area (Å²) in [5.41, 5.74) is 7.07. The lowest BCUT2D eigenvalue weighted by atomic mass is 9.80. The number of rotatable bonds is 6. The summed E-state index contributed by atoms with van der Waals surface area (Å²) >= 11 is 0. The highest BCUT2D eigenvalue weighted by Crippen LogP contribution is 2.27. The number of piperidine rings is 1. The van der Waals surface area contributed by atoms with E-state index in [1.807, 2.05) is 0 Å². The summed E-state index contributed by atoms with van der Waals surface area (Å²) in [5, 5.41) is 7.97. The molecular weight excluding hydrogens is 376 g/mol. The van der Waals surface area contributed by atoms with E-state index in [1.54, 1.807) is 12.1 Å². The average molecular weight is 405 g/mol. The molecule has 9 heteroatoms. The number of amides is 1. The van der Waals surface area contributed by atoms with Gasteiger partial charge in [-0.1, -0.05) is 26.0 Å². The van der Waals surface area contributed by atoms with Crippen molar-refractivity contribution in [2.75, 3.05) is 26.2 Å². The van der Waals surface area contributed by atoms with Crippen LogP contribution in [-0.4, -0.2) is 51.4 Å². The van der Waals surface area contributed by atoms with Crippen molar-refractivity contribution in [1.29, 1.82) is 0 Å². The molecule has 148 valence electrons. The molecule has 0 bridgehead atoms. The number of nitrogens with one attached hydrogen (secondary N) is 1. The fourth-order valence-electron chi connectivity index (χ4n) is 3.07. The summed E-state index contributed by atoms with van der Waals surface area (Å²) in [6, 6.07) is 6.55. The largest absolute Gasteiger partial charge is 0.355 e. The van der Waals surface area contributed by atoms with Gasteiger partial charge in [0.15, 0.2) is 0 Å². The van der Waals surface area contributed by atoms with Crippen LogP contribution >= 0.6 is 12.4 Å². The van der Waals surface area contributed by atoms with Crippen LogP contribution in [0.15, 0.2) is 29.2 Å². The first-order valence-electron chi connectivity index (χ1n) is 8.44. The lowest BCUT2D eigenvalue weighted by Crippen LogP contribution is -2.54. The number of carbonyl (C=O) groups excluding carboxylic acids is 1. The molecule has 1 amide bonds. The minimum absolute atomic E-state index is 0. The van der Waals surface area contributed by atoms with Gasteiger partial charge in [-0.15, -0.1) is 12.4 Å². The molecule has 1 aliphatic heterocycles. The lowest BCUT2D eigenvalue weighted by molar-refractivity contribution is -0.123. The van der Waals surface area contributed by atoms with Crippen LogP contribution in [0.2, 0.25) is 0 Å². The second-order valence-electron chi connectivity index (χ2n) is 7.38. The molecule has 1 atom stereocenters. The highest BCUT2D eigenvalue weighted by Gasteiger charge is 2.33. The molecule has 1 aromatic carbocycles. The zero-order valence-electron chi connectivity index (χ0n) is 15.3. The predicted octanol–water partition coefficient (Wildman–Crippen LogP) is 0.474. The summed E-state index contributed by atoms with van der Waals surface area (Å²) in [6.07, 6.45) is 1.53. The van der Waals surface area contributed by atoms with Gasteiger partial charge >= 0.3 is 0 Å². The van der Waals surface area contributed by atoms with Crippen LogP contribution in [0.25, 0.3) is 0 Å². The Hall–Kier alpha value is -1.19. The smallest absolute Gasteiger partial charge is 0.238 e. The van der Waals surface area contributed by atoms with Gasteiger partial charge < -0.3 is 11.1 Å². The Labute approximate surface area is 162 Å². The maximum atomic E-state index is 12.1. The van der Waals surface area contributed by atoms with Gasteiger partial charge in [-0.3, -0.25) is 9.69 Å². The van der Waals surface area contributed by atoms with Gasteiger partial charge in [0.2, 0.25) is 15.9 Å². The third-order valence-corrected chi connectivity index (χ3v) is 5.68. The Balaban J connectivity index is 0.00000338. The molecule has 5 N–H and O–H groups in total. The van der Waals surface area contributed by atoms with Crippen molar-refractivity contribution in [2.24, 2.45) is 16.3 Å². The van der Waals surface area contributed by atoms with Crippen molar-refractivity contribution >= 4 is 28.3 Å². The van der Waals surface area contributed by atoms with E-state index in [1.165, 1.54) is 12.1 Å². The topological polar surface area (TPSA) is 119 Å².